The van der Waals surface area contributed by atoms with Crippen LogP contribution in [0.3, 0.4) is 0 Å². The summed E-state index contributed by atoms with van der Waals surface area (Å²) in [6.45, 7) is -0.192. The van der Waals surface area contributed by atoms with Crippen LogP contribution in [0, 0.1) is 0 Å². The molecule has 2 aromatic carbocycles. The fourth-order valence-corrected chi connectivity index (χ4v) is 3.46. The van der Waals surface area contributed by atoms with Crippen molar-refractivity contribution in [3.63, 3.8) is 0 Å². The van der Waals surface area contributed by atoms with Gasteiger partial charge in [0, 0.05) is 6.07 Å². The van der Waals surface area contributed by atoms with Crippen molar-refractivity contribution in [2.24, 2.45) is 0 Å². The van der Waals surface area contributed by atoms with Crippen molar-refractivity contribution in [2.45, 2.75) is 0 Å². The normalized spacial score (nSPS) is 14.5. The SMILES string of the molecule is COC(=O)C1=C(C(=O)OC)N(c2cc(C(=O)OC)ccc2Oc2ccc3c(c2)OCO3)COC1. The molecule has 0 spiro atoms. The molecule has 0 atom stereocenters. The summed E-state index contributed by atoms with van der Waals surface area (Å²) in [4.78, 5) is 38.6. The van der Waals surface area contributed by atoms with Gasteiger partial charge in [-0.15, -0.1) is 0 Å². The predicted molar refractivity (Wildman–Crippen MR) is 115 cm³/mol. The second-order valence-corrected chi connectivity index (χ2v) is 7.01. The molecule has 0 saturated heterocycles. The van der Waals surface area contributed by atoms with E-state index in [1.165, 1.54) is 44.4 Å². The van der Waals surface area contributed by atoms with E-state index in [1.54, 1.807) is 18.2 Å². The van der Waals surface area contributed by atoms with E-state index in [0.717, 1.165) is 0 Å². The summed E-state index contributed by atoms with van der Waals surface area (Å²) in [5.74, 6) is -0.403. The Morgan fingerprint density at radius 2 is 1.59 bits per heavy atom. The number of carbonyl (C=O) groups excluding carboxylic acids is 3. The van der Waals surface area contributed by atoms with Gasteiger partial charge in [0.2, 0.25) is 6.79 Å². The Balaban J connectivity index is 1.83. The quantitative estimate of drug-likeness (QED) is 0.456. The second kappa shape index (κ2) is 9.71. The molecule has 4 rings (SSSR count). The molecule has 0 unspecified atom stereocenters. The summed E-state index contributed by atoms with van der Waals surface area (Å²) < 4.78 is 36.8. The third kappa shape index (κ3) is 4.33. The third-order valence-electron chi connectivity index (χ3n) is 5.08. The number of esters is 3. The topological polar surface area (TPSA) is 119 Å². The Morgan fingerprint density at radius 3 is 2.32 bits per heavy atom. The molecular weight excluding hydrogens is 450 g/mol. The van der Waals surface area contributed by atoms with Crippen LogP contribution in [-0.4, -0.2) is 59.4 Å². The van der Waals surface area contributed by atoms with Crippen molar-refractivity contribution in [3.8, 4) is 23.0 Å². The number of ether oxygens (including phenoxy) is 7. The van der Waals surface area contributed by atoms with Gasteiger partial charge in [-0.3, -0.25) is 0 Å². The standard InChI is InChI=1S/C23H21NO10/c1-28-21(25)13-4-6-17(34-14-5-7-18-19(9-14)33-12-32-18)16(8-13)24-11-31-10-15(22(26)29-2)20(24)23(27)30-3/h4-9H,10-12H2,1-3H3. The molecule has 0 N–H and O–H groups in total. The van der Waals surface area contributed by atoms with Crippen molar-refractivity contribution in [2.75, 3.05) is 46.4 Å². The first kappa shape index (κ1) is 22.9. The molecule has 34 heavy (non-hydrogen) atoms. The van der Waals surface area contributed by atoms with Gasteiger partial charge in [0.05, 0.1) is 44.8 Å². The maximum absolute atomic E-state index is 12.7. The Bertz CT molecular complexity index is 1170. The molecule has 0 amide bonds. The van der Waals surface area contributed by atoms with E-state index in [2.05, 4.69) is 0 Å². The Morgan fingerprint density at radius 1 is 0.853 bits per heavy atom. The fourth-order valence-electron chi connectivity index (χ4n) is 3.46. The van der Waals surface area contributed by atoms with E-state index >= 15 is 0 Å². The van der Waals surface area contributed by atoms with E-state index in [9.17, 15) is 14.4 Å². The average Bonchev–Trinajstić information content (AvgIpc) is 3.35. The number of nitrogens with zero attached hydrogens (tertiary/aromatic N) is 1. The Labute approximate surface area is 194 Å². The van der Waals surface area contributed by atoms with Gasteiger partial charge < -0.3 is 38.1 Å². The predicted octanol–water partition coefficient (Wildman–Crippen LogP) is 2.39. The zero-order valence-electron chi connectivity index (χ0n) is 18.6. The van der Waals surface area contributed by atoms with Gasteiger partial charge in [-0.05, 0) is 30.3 Å². The van der Waals surface area contributed by atoms with Crippen molar-refractivity contribution in [1.82, 2.24) is 0 Å². The molecule has 2 aliphatic rings. The number of rotatable bonds is 6. The zero-order valence-corrected chi connectivity index (χ0v) is 18.6. The minimum atomic E-state index is -0.791. The summed E-state index contributed by atoms with van der Waals surface area (Å²) in [5.41, 5.74) is 0.295. The van der Waals surface area contributed by atoms with E-state index in [-0.39, 0.29) is 48.4 Å². The molecule has 0 aromatic heterocycles. The van der Waals surface area contributed by atoms with E-state index in [4.69, 9.17) is 33.2 Å². The molecule has 0 saturated carbocycles. The van der Waals surface area contributed by atoms with Gasteiger partial charge in [0.15, 0.2) is 17.2 Å². The van der Waals surface area contributed by atoms with Crippen LogP contribution in [0.1, 0.15) is 10.4 Å². The van der Waals surface area contributed by atoms with E-state index < -0.39 is 17.9 Å². The highest BCUT2D eigenvalue weighted by atomic mass is 16.7. The number of methoxy groups -OCH3 is 3. The molecule has 2 aromatic rings. The lowest BCUT2D eigenvalue weighted by Gasteiger charge is -2.32. The maximum Gasteiger partial charge on any atom is 0.355 e. The lowest BCUT2D eigenvalue weighted by molar-refractivity contribution is -0.140. The van der Waals surface area contributed by atoms with Crippen LogP contribution in [0.5, 0.6) is 23.0 Å². The van der Waals surface area contributed by atoms with Gasteiger partial charge in [0.25, 0.3) is 0 Å². The molecule has 0 fully saturated rings. The van der Waals surface area contributed by atoms with Crippen LogP contribution in [0.25, 0.3) is 0 Å². The van der Waals surface area contributed by atoms with Crippen molar-refractivity contribution in [3.05, 3.63) is 53.2 Å². The monoisotopic (exact) mass is 471 g/mol. The van der Waals surface area contributed by atoms with Crippen LogP contribution in [-0.2, 0) is 28.5 Å². The fraction of sp³-hybridized carbons (Fsp3) is 0.261. The molecule has 11 heteroatoms. The summed E-state index contributed by atoms with van der Waals surface area (Å²) in [5, 5.41) is 0. The lowest BCUT2D eigenvalue weighted by Crippen LogP contribution is -2.39. The maximum atomic E-state index is 12.7. The smallest absolute Gasteiger partial charge is 0.355 e. The van der Waals surface area contributed by atoms with Crippen molar-refractivity contribution in [1.29, 1.82) is 0 Å². The van der Waals surface area contributed by atoms with Gasteiger partial charge in [-0.2, -0.15) is 0 Å². The highest BCUT2D eigenvalue weighted by Gasteiger charge is 2.34. The first-order chi connectivity index (χ1) is 16.5. The first-order valence-electron chi connectivity index (χ1n) is 10.0. The minimum Gasteiger partial charge on any atom is -0.466 e. The summed E-state index contributed by atoms with van der Waals surface area (Å²) >= 11 is 0. The zero-order chi connectivity index (χ0) is 24.2. The molecule has 0 radical (unpaired) electrons. The van der Waals surface area contributed by atoms with Gasteiger partial charge in [-0.25, -0.2) is 14.4 Å². The molecule has 0 aliphatic carbocycles. The first-order valence-corrected chi connectivity index (χ1v) is 10.0. The highest BCUT2D eigenvalue weighted by molar-refractivity contribution is 6.04. The van der Waals surface area contributed by atoms with Crippen LogP contribution >= 0.6 is 0 Å². The van der Waals surface area contributed by atoms with Gasteiger partial charge in [-0.1, -0.05) is 0 Å². The van der Waals surface area contributed by atoms with E-state index in [0.29, 0.717) is 17.2 Å². The Kier molecular flexibility index (Phi) is 6.55. The van der Waals surface area contributed by atoms with Crippen LogP contribution < -0.4 is 19.1 Å². The molecule has 0 bridgehead atoms. The number of carbonyl (C=O) groups is 3. The molecular formula is C23H21NO10. The lowest BCUT2D eigenvalue weighted by atomic mass is 10.1. The molecule has 11 nitrogen and oxygen atoms in total. The highest BCUT2D eigenvalue weighted by Crippen LogP contribution is 2.41. The molecule has 2 aliphatic heterocycles. The van der Waals surface area contributed by atoms with Crippen molar-refractivity contribution < 1.29 is 47.5 Å². The van der Waals surface area contributed by atoms with Gasteiger partial charge in [0.1, 0.15) is 18.2 Å². The summed E-state index contributed by atoms with van der Waals surface area (Å²) in [6, 6.07) is 9.51. The number of benzene rings is 2. The van der Waals surface area contributed by atoms with Gasteiger partial charge >= 0.3 is 17.9 Å². The third-order valence-corrected chi connectivity index (χ3v) is 5.08. The van der Waals surface area contributed by atoms with Crippen LogP contribution in [0.15, 0.2) is 47.7 Å². The van der Waals surface area contributed by atoms with Crippen LogP contribution in [0.4, 0.5) is 5.69 Å². The number of fused-ring (bicyclic) bond motifs is 1. The average molecular weight is 471 g/mol. The number of anilines is 1. The largest absolute Gasteiger partial charge is 0.466 e. The van der Waals surface area contributed by atoms with E-state index in [1.807, 2.05) is 0 Å². The molecule has 178 valence electrons. The second-order valence-electron chi connectivity index (χ2n) is 7.01. The minimum absolute atomic E-state index is 0.0434. The summed E-state index contributed by atoms with van der Waals surface area (Å²) in [6.07, 6.45) is 0. The van der Waals surface area contributed by atoms with Crippen molar-refractivity contribution >= 4 is 23.6 Å². The number of hydrogen-bond donors (Lipinski definition) is 0. The molecule has 2 heterocycles. The Hall–Kier alpha value is -4.25. The summed E-state index contributed by atoms with van der Waals surface area (Å²) in [7, 11) is 3.63. The van der Waals surface area contributed by atoms with Crippen LogP contribution in [0.2, 0.25) is 0 Å². The number of hydrogen-bond acceptors (Lipinski definition) is 11.